The molecule has 0 unspecified atom stereocenters. The summed E-state index contributed by atoms with van der Waals surface area (Å²) in [4.78, 5) is 10.9. The Hall–Kier alpha value is -3.58. The summed E-state index contributed by atoms with van der Waals surface area (Å²) in [5.41, 5.74) is 4.80. The second-order valence-electron chi connectivity index (χ2n) is 7.42. The van der Waals surface area contributed by atoms with Crippen LogP contribution in [0, 0.1) is 12.7 Å². The molecule has 0 spiro atoms. The summed E-state index contributed by atoms with van der Waals surface area (Å²) in [6.45, 7) is 2.06. The molecule has 4 aromatic rings. The molecule has 7 heteroatoms. The average Bonchev–Trinajstić information content (AvgIpc) is 3.35. The fourth-order valence-electron chi connectivity index (χ4n) is 4.16. The fraction of sp³-hybridized carbons (Fsp3) is 0.125. The maximum absolute atomic E-state index is 13.6. The van der Waals surface area contributed by atoms with Crippen molar-refractivity contribution in [1.29, 1.82) is 0 Å². The highest BCUT2D eigenvalue weighted by atomic mass is 32.1. The molecule has 1 aromatic carbocycles. The van der Waals surface area contributed by atoms with Crippen molar-refractivity contribution in [3.8, 4) is 5.69 Å². The van der Waals surface area contributed by atoms with Gasteiger partial charge in [0.15, 0.2) is 5.11 Å². The number of hydrogen-bond donors (Lipinski definition) is 1. The molecule has 0 saturated carbocycles. The number of aryl methyl sites for hydroxylation is 1. The number of rotatable bonds is 4. The maximum Gasteiger partial charge on any atom is 0.174 e. The molecule has 3 aromatic heterocycles. The minimum absolute atomic E-state index is 0.177. The van der Waals surface area contributed by atoms with Crippen molar-refractivity contribution in [2.75, 3.05) is 4.90 Å². The zero-order chi connectivity index (χ0) is 21.4. The third-order valence-corrected chi connectivity index (χ3v) is 5.83. The van der Waals surface area contributed by atoms with E-state index in [-0.39, 0.29) is 17.9 Å². The summed E-state index contributed by atoms with van der Waals surface area (Å²) in [5, 5.41) is 4.02. The van der Waals surface area contributed by atoms with Crippen LogP contribution in [0.1, 0.15) is 29.2 Å². The summed E-state index contributed by atoms with van der Waals surface area (Å²) < 4.78 is 15.8. The number of pyridine rings is 2. The number of anilines is 1. The van der Waals surface area contributed by atoms with Crippen LogP contribution in [-0.2, 0) is 0 Å². The summed E-state index contributed by atoms with van der Waals surface area (Å²) in [6.07, 6.45) is 5.38. The molecular formula is C24H20FN5S. The molecule has 1 aliphatic rings. The highest BCUT2D eigenvalue weighted by Crippen LogP contribution is 2.42. The molecule has 1 aliphatic heterocycles. The molecule has 0 radical (unpaired) electrons. The van der Waals surface area contributed by atoms with Crippen LogP contribution in [0.15, 0.2) is 85.3 Å². The standard InChI is InChI=1S/C24H20FN5S/c1-16-7-12-21(29(16)19-5-4-13-26-15-19)23-22(20-6-2-3-14-27-20)28-24(31)30(23)18-10-8-17(25)9-11-18/h2-15,22-23H,1H3,(H,28,31)/t22-,23-/m0/s1. The monoisotopic (exact) mass is 429 g/mol. The topological polar surface area (TPSA) is 46.0 Å². The van der Waals surface area contributed by atoms with Gasteiger partial charge in [-0.05, 0) is 79.8 Å². The minimum atomic E-state index is -0.283. The largest absolute Gasteiger partial charge is 0.351 e. The molecule has 0 bridgehead atoms. The number of aromatic nitrogens is 3. The van der Waals surface area contributed by atoms with E-state index in [9.17, 15) is 4.39 Å². The molecule has 0 aliphatic carbocycles. The van der Waals surface area contributed by atoms with Crippen LogP contribution in [0.3, 0.4) is 0 Å². The van der Waals surface area contributed by atoms with E-state index in [1.807, 2.05) is 41.4 Å². The smallest absolute Gasteiger partial charge is 0.174 e. The van der Waals surface area contributed by atoms with Gasteiger partial charge in [0.05, 0.1) is 23.6 Å². The molecule has 2 atom stereocenters. The van der Waals surface area contributed by atoms with Crippen LogP contribution in [0.4, 0.5) is 10.1 Å². The maximum atomic E-state index is 13.6. The van der Waals surface area contributed by atoms with E-state index in [1.54, 1.807) is 24.5 Å². The lowest BCUT2D eigenvalue weighted by Crippen LogP contribution is -2.30. The Labute approximate surface area is 185 Å². The average molecular weight is 430 g/mol. The van der Waals surface area contributed by atoms with Crippen molar-refractivity contribution >= 4 is 23.0 Å². The molecule has 1 N–H and O–H groups in total. The number of benzene rings is 1. The van der Waals surface area contributed by atoms with Gasteiger partial charge >= 0.3 is 0 Å². The quantitative estimate of drug-likeness (QED) is 0.468. The summed E-state index contributed by atoms with van der Waals surface area (Å²) in [6, 6.07) is 20.0. The minimum Gasteiger partial charge on any atom is -0.351 e. The SMILES string of the molecule is Cc1ccc([C@H]2[C@H](c3ccccn3)NC(=S)N2c2ccc(F)cc2)n1-c1cccnc1. The van der Waals surface area contributed by atoms with Gasteiger partial charge in [-0.3, -0.25) is 9.97 Å². The highest BCUT2D eigenvalue weighted by Gasteiger charge is 2.42. The van der Waals surface area contributed by atoms with Crippen molar-refractivity contribution in [2.24, 2.45) is 0 Å². The number of nitrogens with zero attached hydrogens (tertiary/aromatic N) is 4. The zero-order valence-corrected chi connectivity index (χ0v) is 17.6. The Bertz CT molecular complexity index is 1210. The normalized spacial score (nSPS) is 18.3. The first-order valence-corrected chi connectivity index (χ1v) is 10.4. The van der Waals surface area contributed by atoms with Crippen LogP contribution in [0.25, 0.3) is 5.69 Å². The summed E-state index contributed by atoms with van der Waals surface area (Å²) in [7, 11) is 0. The third kappa shape index (κ3) is 3.47. The Morgan fingerprint density at radius 1 is 0.935 bits per heavy atom. The second-order valence-corrected chi connectivity index (χ2v) is 7.81. The van der Waals surface area contributed by atoms with Gasteiger partial charge in [-0.15, -0.1) is 0 Å². The van der Waals surface area contributed by atoms with Crippen molar-refractivity contribution in [1.82, 2.24) is 19.9 Å². The Kier molecular flexibility index (Phi) is 4.95. The van der Waals surface area contributed by atoms with E-state index >= 15 is 0 Å². The van der Waals surface area contributed by atoms with Crippen LogP contribution in [0.5, 0.6) is 0 Å². The van der Waals surface area contributed by atoms with E-state index in [2.05, 4.69) is 38.9 Å². The third-order valence-electron chi connectivity index (χ3n) is 5.52. The van der Waals surface area contributed by atoms with Crippen LogP contribution in [0.2, 0.25) is 0 Å². The van der Waals surface area contributed by atoms with Gasteiger partial charge in [0.25, 0.3) is 0 Å². The highest BCUT2D eigenvalue weighted by molar-refractivity contribution is 7.80. The molecule has 154 valence electrons. The lowest BCUT2D eigenvalue weighted by Gasteiger charge is -2.29. The fourth-order valence-corrected chi connectivity index (χ4v) is 4.51. The molecule has 4 heterocycles. The van der Waals surface area contributed by atoms with Gasteiger partial charge in [-0.25, -0.2) is 4.39 Å². The molecular weight excluding hydrogens is 409 g/mol. The van der Waals surface area contributed by atoms with Gasteiger partial charge < -0.3 is 14.8 Å². The molecule has 5 rings (SSSR count). The Balaban J connectivity index is 1.70. The Morgan fingerprint density at radius 2 is 1.77 bits per heavy atom. The van der Waals surface area contributed by atoms with Crippen molar-refractivity contribution in [3.63, 3.8) is 0 Å². The van der Waals surface area contributed by atoms with Crippen molar-refractivity contribution in [2.45, 2.75) is 19.0 Å². The number of thiocarbonyl (C=S) groups is 1. The first-order chi connectivity index (χ1) is 15.1. The van der Waals surface area contributed by atoms with E-state index in [0.717, 1.165) is 28.5 Å². The zero-order valence-electron chi connectivity index (χ0n) is 16.8. The number of hydrogen-bond acceptors (Lipinski definition) is 3. The molecule has 5 nitrogen and oxygen atoms in total. The first-order valence-electron chi connectivity index (χ1n) is 9.98. The van der Waals surface area contributed by atoms with E-state index in [4.69, 9.17) is 12.2 Å². The molecule has 1 saturated heterocycles. The first kappa shape index (κ1) is 19.4. The van der Waals surface area contributed by atoms with Crippen molar-refractivity contribution in [3.05, 3.63) is 108 Å². The molecule has 31 heavy (non-hydrogen) atoms. The van der Waals surface area contributed by atoms with E-state index < -0.39 is 0 Å². The Morgan fingerprint density at radius 3 is 2.48 bits per heavy atom. The van der Waals surface area contributed by atoms with Crippen LogP contribution >= 0.6 is 12.2 Å². The van der Waals surface area contributed by atoms with Gasteiger partial charge in [0.1, 0.15) is 11.9 Å². The van der Waals surface area contributed by atoms with E-state index in [1.165, 1.54) is 12.1 Å². The van der Waals surface area contributed by atoms with Gasteiger partial charge in [-0.2, -0.15) is 0 Å². The van der Waals surface area contributed by atoms with Gasteiger partial charge in [0.2, 0.25) is 0 Å². The lowest BCUT2D eigenvalue weighted by molar-refractivity contribution is 0.547. The van der Waals surface area contributed by atoms with E-state index in [0.29, 0.717) is 5.11 Å². The number of nitrogens with one attached hydrogen (secondary N) is 1. The van der Waals surface area contributed by atoms with Crippen LogP contribution in [-0.4, -0.2) is 19.6 Å². The van der Waals surface area contributed by atoms with Gasteiger partial charge in [-0.1, -0.05) is 6.07 Å². The van der Waals surface area contributed by atoms with Gasteiger partial charge in [0, 0.05) is 29.5 Å². The van der Waals surface area contributed by atoms with Crippen molar-refractivity contribution < 1.29 is 4.39 Å². The lowest BCUT2D eigenvalue weighted by atomic mass is 10.0. The second kappa shape index (κ2) is 7.92. The summed E-state index contributed by atoms with van der Waals surface area (Å²) >= 11 is 5.75. The molecule has 0 amide bonds. The number of halogens is 1. The predicted octanol–water partition coefficient (Wildman–Crippen LogP) is 4.89. The predicted molar refractivity (Wildman–Crippen MR) is 123 cm³/mol. The summed E-state index contributed by atoms with van der Waals surface area (Å²) in [5.74, 6) is -0.283. The van der Waals surface area contributed by atoms with Crippen LogP contribution < -0.4 is 10.2 Å². The molecule has 1 fully saturated rings.